The molecule has 0 heterocycles. The van der Waals surface area contributed by atoms with Crippen molar-refractivity contribution in [2.75, 3.05) is 6.61 Å². The standard InChI is InChI=1S/C13H14O5/c1-2-17-12(15)7-8-13(16)18-11-6-4-3-5-10(11)9-14/h3-6,9H,2,7-8H2,1H3. The number of rotatable bonds is 6. The molecule has 5 nitrogen and oxygen atoms in total. The quantitative estimate of drug-likeness (QED) is 0.437. The van der Waals surface area contributed by atoms with Gasteiger partial charge in [0, 0.05) is 0 Å². The highest BCUT2D eigenvalue weighted by Gasteiger charge is 2.11. The molecular weight excluding hydrogens is 236 g/mol. The van der Waals surface area contributed by atoms with Crippen LogP contribution in [-0.4, -0.2) is 24.8 Å². The number of para-hydroxylation sites is 1. The van der Waals surface area contributed by atoms with Gasteiger partial charge in [-0.15, -0.1) is 0 Å². The van der Waals surface area contributed by atoms with Gasteiger partial charge in [-0.1, -0.05) is 12.1 Å². The second kappa shape index (κ2) is 7.21. The van der Waals surface area contributed by atoms with E-state index < -0.39 is 11.9 Å². The minimum atomic E-state index is -0.572. The monoisotopic (exact) mass is 250 g/mol. The first-order chi connectivity index (χ1) is 8.67. The van der Waals surface area contributed by atoms with Crippen molar-refractivity contribution in [3.05, 3.63) is 29.8 Å². The molecule has 0 radical (unpaired) electrons. The number of carbonyl (C=O) groups is 3. The van der Waals surface area contributed by atoms with Crippen LogP contribution >= 0.6 is 0 Å². The van der Waals surface area contributed by atoms with E-state index in [1.807, 2.05) is 0 Å². The minimum Gasteiger partial charge on any atom is -0.466 e. The molecule has 0 aliphatic rings. The predicted octanol–water partition coefficient (Wildman–Crippen LogP) is 1.75. The Hall–Kier alpha value is -2.17. The van der Waals surface area contributed by atoms with Crippen LogP contribution in [0.3, 0.4) is 0 Å². The molecular formula is C13H14O5. The van der Waals surface area contributed by atoms with Gasteiger partial charge in [0.15, 0.2) is 6.29 Å². The van der Waals surface area contributed by atoms with Gasteiger partial charge in [-0.3, -0.25) is 14.4 Å². The summed E-state index contributed by atoms with van der Waals surface area (Å²) in [6, 6.07) is 6.38. The average Bonchev–Trinajstić information content (AvgIpc) is 2.37. The SMILES string of the molecule is CCOC(=O)CCC(=O)Oc1ccccc1C=O. The molecule has 0 N–H and O–H groups in total. The number of benzene rings is 1. The first kappa shape index (κ1) is 13.9. The Labute approximate surface area is 105 Å². The lowest BCUT2D eigenvalue weighted by Gasteiger charge is -2.06. The van der Waals surface area contributed by atoms with E-state index in [9.17, 15) is 14.4 Å². The number of esters is 2. The number of carbonyl (C=O) groups excluding carboxylic acids is 3. The van der Waals surface area contributed by atoms with Crippen molar-refractivity contribution in [3.8, 4) is 5.75 Å². The van der Waals surface area contributed by atoms with E-state index in [4.69, 9.17) is 4.74 Å². The summed E-state index contributed by atoms with van der Waals surface area (Å²) in [6.45, 7) is 1.97. The van der Waals surface area contributed by atoms with Crippen molar-refractivity contribution in [3.63, 3.8) is 0 Å². The summed E-state index contributed by atoms with van der Waals surface area (Å²) >= 11 is 0. The van der Waals surface area contributed by atoms with Gasteiger partial charge < -0.3 is 9.47 Å². The molecule has 0 atom stereocenters. The van der Waals surface area contributed by atoms with Crippen LogP contribution in [0.15, 0.2) is 24.3 Å². The van der Waals surface area contributed by atoms with Crippen molar-refractivity contribution in [2.45, 2.75) is 19.8 Å². The third-order valence-corrected chi connectivity index (χ3v) is 2.11. The minimum absolute atomic E-state index is 0.0318. The molecule has 0 aromatic heterocycles. The molecule has 0 aliphatic heterocycles. The van der Waals surface area contributed by atoms with E-state index in [0.717, 1.165) is 0 Å². The molecule has 1 rings (SSSR count). The summed E-state index contributed by atoms with van der Waals surface area (Å²) in [6.07, 6.45) is 0.496. The molecule has 1 aromatic carbocycles. The van der Waals surface area contributed by atoms with Crippen molar-refractivity contribution in [1.82, 2.24) is 0 Å². The first-order valence-electron chi connectivity index (χ1n) is 5.58. The molecule has 0 unspecified atom stereocenters. The number of aldehydes is 1. The van der Waals surface area contributed by atoms with E-state index in [0.29, 0.717) is 11.8 Å². The Balaban J connectivity index is 2.49. The highest BCUT2D eigenvalue weighted by atomic mass is 16.5. The van der Waals surface area contributed by atoms with Gasteiger partial charge in [0.25, 0.3) is 0 Å². The van der Waals surface area contributed by atoms with Gasteiger partial charge in [0.05, 0.1) is 25.0 Å². The summed E-state index contributed by atoms with van der Waals surface area (Å²) in [7, 11) is 0. The van der Waals surface area contributed by atoms with Crippen LogP contribution in [0.25, 0.3) is 0 Å². The van der Waals surface area contributed by atoms with Crippen LogP contribution in [-0.2, 0) is 14.3 Å². The fraction of sp³-hybridized carbons (Fsp3) is 0.308. The highest BCUT2D eigenvalue weighted by molar-refractivity contribution is 5.83. The van der Waals surface area contributed by atoms with Crippen LogP contribution in [0.2, 0.25) is 0 Å². The summed E-state index contributed by atoms with van der Waals surface area (Å²) in [5.74, 6) is -0.822. The Morgan fingerprint density at radius 3 is 2.50 bits per heavy atom. The Morgan fingerprint density at radius 2 is 1.83 bits per heavy atom. The second-order valence-corrected chi connectivity index (χ2v) is 3.43. The lowest BCUT2D eigenvalue weighted by atomic mass is 10.2. The maximum Gasteiger partial charge on any atom is 0.311 e. The second-order valence-electron chi connectivity index (χ2n) is 3.43. The maximum absolute atomic E-state index is 11.4. The Morgan fingerprint density at radius 1 is 1.17 bits per heavy atom. The zero-order valence-corrected chi connectivity index (χ0v) is 10.0. The molecule has 1 aromatic rings. The topological polar surface area (TPSA) is 69.7 Å². The number of hydrogen-bond acceptors (Lipinski definition) is 5. The molecule has 96 valence electrons. The molecule has 5 heteroatoms. The summed E-state index contributed by atoms with van der Waals surface area (Å²) < 4.78 is 9.67. The fourth-order valence-electron chi connectivity index (χ4n) is 1.28. The molecule has 0 saturated heterocycles. The van der Waals surface area contributed by atoms with Crippen LogP contribution < -0.4 is 4.74 Å². The smallest absolute Gasteiger partial charge is 0.311 e. The molecule has 0 amide bonds. The molecule has 0 spiro atoms. The highest BCUT2D eigenvalue weighted by Crippen LogP contribution is 2.16. The van der Waals surface area contributed by atoms with E-state index >= 15 is 0 Å². The average molecular weight is 250 g/mol. The van der Waals surface area contributed by atoms with Crippen molar-refractivity contribution >= 4 is 18.2 Å². The van der Waals surface area contributed by atoms with Gasteiger partial charge in [0.2, 0.25) is 0 Å². The number of ether oxygens (including phenoxy) is 2. The van der Waals surface area contributed by atoms with Gasteiger partial charge >= 0.3 is 11.9 Å². The Kier molecular flexibility index (Phi) is 5.57. The van der Waals surface area contributed by atoms with E-state index in [1.54, 1.807) is 25.1 Å². The molecule has 0 bridgehead atoms. The molecule has 0 saturated carbocycles. The van der Waals surface area contributed by atoms with Gasteiger partial charge in [-0.2, -0.15) is 0 Å². The third-order valence-electron chi connectivity index (χ3n) is 2.11. The maximum atomic E-state index is 11.4. The molecule has 0 aliphatic carbocycles. The first-order valence-corrected chi connectivity index (χ1v) is 5.58. The van der Waals surface area contributed by atoms with E-state index in [1.165, 1.54) is 6.07 Å². The van der Waals surface area contributed by atoms with Gasteiger partial charge in [-0.05, 0) is 19.1 Å². The summed E-state index contributed by atoms with van der Waals surface area (Å²) in [5.41, 5.74) is 0.294. The summed E-state index contributed by atoms with van der Waals surface area (Å²) in [4.78, 5) is 33.2. The lowest BCUT2D eigenvalue weighted by molar-refractivity contribution is -0.146. The summed E-state index contributed by atoms with van der Waals surface area (Å²) in [5, 5.41) is 0. The predicted molar refractivity (Wildman–Crippen MR) is 63.3 cm³/mol. The van der Waals surface area contributed by atoms with Gasteiger partial charge in [-0.25, -0.2) is 0 Å². The van der Waals surface area contributed by atoms with Crippen molar-refractivity contribution in [1.29, 1.82) is 0 Å². The zero-order chi connectivity index (χ0) is 13.4. The van der Waals surface area contributed by atoms with Crippen LogP contribution in [0.5, 0.6) is 5.75 Å². The zero-order valence-electron chi connectivity index (χ0n) is 10.0. The largest absolute Gasteiger partial charge is 0.466 e. The van der Waals surface area contributed by atoms with Crippen LogP contribution in [0, 0.1) is 0 Å². The number of hydrogen-bond donors (Lipinski definition) is 0. The normalized spacial score (nSPS) is 9.61. The third kappa shape index (κ3) is 4.37. The van der Waals surface area contributed by atoms with E-state index in [2.05, 4.69) is 4.74 Å². The van der Waals surface area contributed by atoms with Crippen LogP contribution in [0.1, 0.15) is 30.1 Å². The van der Waals surface area contributed by atoms with Crippen molar-refractivity contribution < 1.29 is 23.9 Å². The Bertz CT molecular complexity index is 439. The van der Waals surface area contributed by atoms with Crippen molar-refractivity contribution in [2.24, 2.45) is 0 Å². The van der Waals surface area contributed by atoms with Gasteiger partial charge in [0.1, 0.15) is 5.75 Å². The lowest BCUT2D eigenvalue weighted by Crippen LogP contribution is -2.13. The van der Waals surface area contributed by atoms with Crippen LogP contribution in [0.4, 0.5) is 0 Å². The molecule has 18 heavy (non-hydrogen) atoms. The molecule has 0 fully saturated rings. The van der Waals surface area contributed by atoms with E-state index in [-0.39, 0.29) is 25.2 Å². The fourth-order valence-corrected chi connectivity index (χ4v) is 1.28.